The molecule has 2 aliphatic rings. The van der Waals surface area contributed by atoms with Crippen LogP contribution in [0.1, 0.15) is 36.5 Å². The Kier molecular flexibility index (Phi) is 2.81. The third-order valence-electron chi connectivity index (χ3n) is 3.68. The van der Waals surface area contributed by atoms with Gasteiger partial charge < -0.3 is 10.3 Å². The maximum Gasteiger partial charge on any atom is 0.234 e. The molecule has 1 aromatic rings. The number of carbonyl (C=O) groups is 1. The number of nitrogens with two attached hydrogens (primary N) is 1. The van der Waals surface area contributed by atoms with E-state index < -0.39 is 18.1 Å². The van der Waals surface area contributed by atoms with Crippen molar-refractivity contribution >= 4 is 5.91 Å². The molecule has 98 valence electrons. The highest BCUT2D eigenvalue weighted by atomic mass is 19.1. The van der Waals surface area contributed by atoms with Crippen molar-refractivity contribution in [1.82, 2.24) is 10.1 Å². The van der Waals surface area contributed by atoms with E-state index in [1.807, 2.05) is 0 Å². The minimum atomic E-state index is -0.980. The molecule has 0 unspecified atom stereocenters. The van der Waals surface area contributed by atoms with Crippen molar-refractivity contribution in [2.24, 2.45) is 5.73 Å². The van der Waals surface area contributed by atoms with Crippen molar-refractivity contribution in [3.8, 4) is 0 Å². The van der Waals surface area contributed by atoms with Gasteiger partial charge in [-0.1, -0.05) is 5.16 Å². The smallest absolute Gasteiger partial charge is 0.234 e. The molecular formula is C12H16FN3O2. The third kappa shape index (κ3) is 2.12. The summed E-state index contributed by atoms with van der Waals surface area (Å²) in [5.41, 5.74) is 6.26. The molecule has 2 N–H and O–H groups in total. The van der Waals surface area contributed by atoms with Gasteiger partial charge in [-0.2, -0.15) is 0 Å². The van der Waals surface area contributed by atoms with E-state index in [2.05, 4.69) is 5.16 Å². The molecule has 1 saturated heterocycles. The Morgan fingerprint density at radius 1 is 1.61 bits per heavy atom. The lowest BCUT2D eigenvalue weighted by Crippen LogP contribution is -2.39. The van der Waals surface area contributed by atoms with E-state index in [1.54, 1.807) is 11.1 Å². The van der Waals surface area contributed by atoms with Crippen LogP contribution in [0.15, 0.2) is 10.7 Å². The fourth-order valence-electron chi connectivity index (χ4n) is 2.61. The molecule has 0 radical (unpaired) electrons. The molecule has 2 heterocycles. The van der Waals surface area contributed by atoms with Crippen LogP contribution < -0.4 is 5.73 Å². The lowest BCUT2D eigenvalue weighted by atomic mass is 10.1. The normalized spacial score (nSPS) is 28.7. The predicted octanol–water partition coefficient (Wildman–Crippen LogP) is 0.950. The van der Waals surface area contributed by atoms with Crippen LogP contribution in [0, 0.1) is 0 Å². The Hall–Kier alpha value is -1.43. The Morgan fingerprint density at radius 2 is 2.39 bits per heavy atom. The number of amides is 1. The average molecular weight is 253 g/mol. The van der Waals surface area contributed by atoms with Gasteiger partial charge in [-0.05, 0) is 12.8 Å². The highest BCUT2D eigenvalue weighted by Crippen LogP contribution is 2.42. The van der Waals surface area contributed by atoms with Gasteiger partial charge in [0.1, 0.15) is 11.9 Å². The van der Waals surface area contributed by atoms with Crippen molar-refractivity contribution in [3.63, 3.8) is 0 Å². The Balaban J connectivity index is 1.74. The van der Waals surface area contributed by atoms with Crippen LogP contribution in [-0.4, -0.2) is 34.7 Å². The molecule has 0 aromatic carbocycles. The number of likely N-dealkylation sites (tertiary alicyclic amines) is 1. The molecule has 2 atom stereocenters. The van der Waals surface area contributed by atoms with Gasteiger partial charge in [0.25, 0.3) is 0 Å². The first kappa shape index (κ1) is 11.6. The van der Waals surface area contributed by atoms with Gasteiger partial charge >= 0.3 is 0 Å². The largest absolute Gasteiger partial charge is 0.368 e. The summed E-state index contributed by atoms with van der Waals surface area (Å²) in [7, 11) is 0. The van der Waals surface area contributed by atoms with E-state index in [4.69, 9.17) is 10.3 Å². The third-order valence-corrected chi connectivity index (χ3v) is 3.68. The Bertz CT molecular complexity index is 458. The number of carbonyl (C=O) groups excluding carboxylic acids is 1. The second kappa shape index (κ2) is 4.35. The molecule has 5 nitrogen and oxygen atoms in total. The maximum atomic E-state index is 13.4. The maximum absolute atomic E-state index is 13.4. The van der Waals surface area contributed by atoms with E-state index in [0.717, 1.165) is 24.2 Å². The summed E-state index contributed by atoms with van der Waals surface area (Å²) in [4.78, 5) is 13.1. The van der Waals surface area contributed by atoms with Crippen LogP contribution in [0.25, 0.3) is 0 Å². The Morgan fingerprint density at radius 3 is 3.06 bits per heavy atom. The van der Waals surface area contributed by atoms with E-state index in [9.17, 15) is 9.18 Å². The van der Waals surface area contributed by atoms with Gasteiger partial charge in [-0.25, -0.2) is 4.39 Å². The van der Waals surface area contributed by atoms with E-state index in [-0.39, 0.29) is 13.0 Å². The summed E-state index contributed by atoms with van der Waals surface area (Å²) in [6, 6.07) is -0.512. The number of primary amides is 1. The minimum absolute atomic E-state index is 0.194. The van der Waals surface area contributed by atoms with Crippen LogP contribution in [0.3, 0.4) is 0 Å². The quantitative estimate of drug-likeness (QED) is 0.867. The number of aromatic nitrogens is 1. The van der Waals surface area contributed by atoms with Crippen molar-refractivity contribution in [2.75, 3.05) is 6.54 Å². The van der Waals surface area contributed by atoms with Crippen LogP contribution in [-0.2, 0) is 11.3 Å². The molecule has 3 rings (SSSR count). The second-order valence-corrected chi connectivity index (χ2v) is 5.17. The van der Waals surface area contributed by atoms with Gasteiger partial charge in [0.15, 0.2) is 0 Å². The zero-order valence-corrected chi connectivity index (χ0v) is 10.0. The topological polar surface area (TPSA) is 72.4 Å². The van der Waals surface area contributed by atoms with Crippen LogP contribution in [0.4, 0.5) is 4.39 Å². The first-order chi connectivity index (χ1) is 8.65. The van der Waals surface area contributed by atoms with Crippen LogP contribution >= 0.6 is 0 Å². The summed E-state index contributed by atoms with van der Waals surface area (Å²) in [5.74, 6) is 0.887. The molecule has 0 spiro atoms. The van der Waals surface area contributed by atoms with Gasteiger partial charge in [0.2, 0.25) is 5.91 Å². The number of nitrogens with zero attached hydrogens (tertiary/aromatic N) is 2. The first-order valence-corrected chi connectivity index (χ1v) is 6.26. The zero-order valence-electron chi connectivity index (χ0n) is 10.0. The molecule has 1 aliphatic heterocycles. The first-order valence-electron chi connectivity index (χ1n) is 6.26. The molecular weight excluding hydrogens is 237 g/mol. The van der Waals surface area contributed by atoms with Gasteiger partial charge in [0, 0.05) is 31.0 Å². The average Bonchev–Trinajstić information content (AvgIpc) is 2.94. The summed E-state index contributed by atoms with van der Waals surface area (Å²) in [6.45, 7) is 0.742. The van der Waals surface area contributed by atoms with Crippen molar-refractivity contribution < 1.29 is 13.7 Å². The summed E-state index contributed by atoms with van der Waals surface area (Å²) in [5, 5.41) is 3.80. The second-order valence-electron chi connectivity index (χ2n) is 5.17. The number of alkyl halides is 1. The zero-order chi connectivity index (χ0) is 12.7. The van der Waals surface area contributed by atoms with E-state index in [1.165, 1.54) is 0 Å². The highest BCUT2D eigenvalue weighted by Gasteiger charge is 2.37. The van der Waals surface area contributed by atoms with Gasteiger partial charge in [-0.15, -0.1) is 0 Å². The van der Waals surface area contributed by atoms with Crippen LogP contribution in [0.5, 0.6) is 0 Å². The van der Waals surface area contributed by atoms with Crippen LogP contribution in [0.2, 0.25) is 0 Å². The van der Waals surface area contributed by atoms with Gasteiger partial charge in [-0.3, -0.25) is 9.69 Å². The van der Waals surface area contributed by atoms with E-state index in [0.29, 0.717) is 12.5 Å². The lowest BCUT2D eigenvalue weighted by molar-refractivity contribution is -0.122. The number of hydrogen-bond acceptors (Lipinski definition) is 4. The van der Waals surface area contributed by atoms with Crippen molar-refractivity contribution in [2.45, 2.75) is 43.9 Å². The highest BCUT2D eigenvalue weighted by molar-refractivity contribution is 5.80. The van der Waals surface area contributed by atoms with Gasteiger partial charge in [0.05, 0.1) is 12.2 Å². The number of halogens is 1. The summed E-state index contributed by atoms with van der Waals surface area (Å²) < 4.78 is 18.6. The standard InChI is InChI=1S/C12H16FN3O2/c13-9-3-10(12(14)17)16(6-9)5-8-4-15-18-11(8)7-1-2-7/h4,7,9-10H,1-3,5-6H2,(H2,14,17)/t9-,10+/m1/s1. The minimum Gasteiger partial charge on any atom is -0.368 e. The molecule has 1 aliphatic carbocycles. The number of rotatable bonds is 4. The summed E-state index contributed by atoms with van der Waals surface area (Å²) in [6.07, 6.45) is 3.11. The molecule has 2 fully saturated rings. The fourth-order valence-corrected chi connectivity index (χ4v) is 2.61. The monoisotopic (exact) mass is 253 g/mol. The van der Waals surface area contributed by atoms with E-state index >= 15 is 0 Å². The number of hydrogen-bond donors (Lipinski definition) is 1. The summed E-state index contributed by atoms with van der Waals surface area (Å²) >= 11 is 0. The fraction of sp³-hybridized carbons (Fsp3) is 0.667. The molecule has 0 bridgehead atoms. The van der Waals surface area contributed by atoms with Crippen molar-refractivity contribution in [3.05, 3.63) is 17.5 Å². The molecule has 1 aromatic heterocycles. The molecule has 18 heavy (non-hydrogen) atoms. The Labute approximate surface area is 104 Å². The lowest BCUT2D eigenvalue weighted by Gasteiger charge is -2.20. The molecule has 1 saturated carbocycles. The molecule has 6 heteroatoms. The molecule has 1 amide bonds. The SMILES string of the molecule is NC(=O)[C@@H]1C[C@@H](F)CN1Cc1cnoc1C1CC1. The van der Waals surface area contributed by atoms with Crippen molar-refractivity contribution in [1.29, 1.82) is 0 Å². The predicted molar refractivity (Wildman–Crippen MR) is 61.4 cm³/mol.